The molecule has 0 unspecified atom stereocenters. The molecule has 0 radical (unpaired) electrons. The normalized spacial score (nSPS) is 11.3. The van der Waals surface area contributed by atoms with Crippen molar-refractivity contribution in [1.29, 1.82) is 0 Å². The number of aromatic nitrogens is 1. The number of nitrogens with one attached hydrogen (secondary N) is 3. The summed E-state index contributed by atoms with van der Waals surface area (Å²) in [4.78, 5) is 27.4. The van der Waals surface area contributed by atoms with E-state index in [1.165, 1.54) is 19.2 Å². The molecule has 8 nitrogen and oxygen atoms in total. The average Bonchev–Trinajstić information content (AvgIpc) is 2.96. The number of unbranched alkanes of at least 4 members (excludes halogenated alkanes) is 1. The topological polar surface area (TPSA) is 117 Å². The summed E-state index contributed by atoms with van der Waals surface area (Å²) in [5.41, 5.74) is 1.84. The second-order valence-corrected chi connectivity index (χ2v) is 8.12. The van der Waals surface area contributed by atoms with E-state index in [4.69, 9.17) is 4.74 Å². The van der Waals surface area contributed by atoms with Crippen molar-refractivity contribution in [2.24, 2.45) is 0 Å². The molecule has 1 amide bonds. The molecule has 152 valence electrons. The van der Waals surface area contributed by atoms with Crippen LogP contribution in [-0.2, 0) is 14.8 Å². The minimum absolute atomic E-state index is 0.0658. The Morgan fingerprint density at radius 3 is 2.57 bits per heavy atom. The fraction of sp³-hybridized carbons (Fsp3) is 0.368. The van der Waals surface area contributed by atoms with Gasteiger partial charge in [0.15, 0.2) is 0 Å². The van der Waals surface area contributed by atoms with Gasteiger partial charge in [0, 0.05) is 17.9 Å². The number of hydrogen-bond acceptors (Lipinski definition) is 5. The van der Waals surface area contributed by atoms with Crippen LogP contribution in [0.5, 0.6) is 0 Å². The van der Waals surface area contributed by atoms with Gasteiger partial charge in [-0.2, -0.15) is 0 Å². The maximum Gasteiger partial charge on any atom is 0.339 e. The first-order chi connectivity index (χ1) is 13.2. The Morgan fingerprint density at radius 2 is 1.93 bits per heavy atom. The van der Waals surface area contributed by atoms with E-state index in [0.717, 1.165) is 12.8 Å². The lowest BCUT2D eigenvalue weighted by Gasteiger charge is -2.09. The number of aromatic amines is 1. The van der Waals surface area contributed by atoms with E-state index in [2.05, 4.69) is 15.0 Å². The van der Waals surface area contributed by atoms with Crippen LogP contribution in [0.25, 0.3) is 0 Å². The second kappa shape index (κ2) is 9.03. The number of anilines is 1. The smallest absolute Gasteiger partial charge is 0.339 e. The fourth-order valence-corrected chi connectivity index (χ4v) is 3.91. The number of carbonyl (C=O) groups is 2. The van der Waals surface area contributed by atoms with E-state index in [1.807, 2.05) is 6.92 Å². The van der Waals surface area contributed by atoms with Crippen LogP contribution in [-0.4, -0.2) is 38.9 Å². The predicted octanol–water partition coefficient (Wildman–Crippen LogP) is 2.75. The number of benzene rings is 1. The van der Waals surface area contributed by atoms with E-state index in [0.29, 0.717) is 29.1 Å². The van der Waals surface area contributed by atoms with Gasteiger partial charge in [0.2, 0.25) is 10.0 Å². The standard InChI is InChI=1S/C19H25N3O5S/c1-5-6-10-20-28(25,26)15-9-7-8-14(11-15)22-18(23)17-12(2)16(13(3)21-17)19(24)27-4/h7-9,11,20-21H,5-6,10H2,1-4H3,(H,22,23). The second-order valence-electron chi connectivity index (χ2n) is 6.35. The summed E-state index contributed by atoms with van der Waals surface area (Å²) < 4.78 is 32.0. The van der Waals surface area contributed by atoms with Gasteiger partial charge < -0.3 is 15.0 Å². The number of methoxy groups -OCH3 is 1. The Balaban J connectivity index is 2.23. The summed E-state index contributed by atoms with van der Waals surface area (Å²) in [5.74, 6) is -1.01. The van der Waals surface area contributed by atoms with E-state index < -0.39 is 21.9 Å². The molecule has 1 heterocycles. The Morgan fingerprint density at radius 1 is 1.21 bits per heavy atom. The third kappa shape index (κ3) is 4.79. The van der Waals surface area contributed by atoms with Crippen LogP contribution < -0.4 is 10.0 Å². The van der Waals surface area contributed by atoms with Crippen molar-refractivity contribution in [3.8, 4) is 0 Å². The zero-order valence-electron chi connectivity index (χ0n) is 16.4. The molecule has 0 saturated carbocycles. The SMILES string of the molecule is CCCCNS(=O)(=O)c1cccc(NC(=O)c2[nH]c(C)c(C(=O)OC)c2C)c1. The zero-order valence-corrected chi connectivity index (χ0v) is 17.2. The van der Waals surface area contributed by atoms with Crippen molar-refractivity contribution in [3.05, 3.63) is 46.8 Å². The lowest BCUT2D eigenvalue weighted by molar-refractivity contribution is 0.0599. The molecular formula is C19H25N3O5S. The van der Waals surface area contributed by atoms with Gasteiger partial charge >= 0.3 is 5.97 Å². The molecule has 1 aromatic carbocycles. The molecular weight excluding hydrogens is 382 g/mol. The largest absolute Gasteiger partial charge is 0.465 e. The summed E-state index contributed by atoms with van der Waals surface area (Å²) in [6.45, 7) is 5.64. The van der Waals surface area contributed by atoms with Crippen LogP contribution in [0, 0.1) is 13.8 Å². The lowest BCUT2D eigenvalue weighted by Crippen LogP contribution is -2.25. The molecule has 2 aromatic rings. The number of ether oxygens (including phenoxy) is 1. The average molecular weight is 407 g/mol. The first-order valence-electron chi connectivity index (χ1n) is 8.89. The zero-order chi connectivity index (χ0) is 20.9. The maximum atomic E-state index is 12.6. The van der Waals surface area contributed by atoms with Gasteiger partial charge in [0.25, 0.3) is 5.91 Å². The van der Waals surface area contributed by atoms with Crippen molar-refractivity contribution in [2.45, 2.75) is 38.5 Å². The number of amides is 1. The van der Waals surface area contributed by atoms with Gasteiger partial charge in [-0.05, 0) is 44.0 Å². The number of hydrogen-bond donors (Lipinski definition) is 3. The van der Waals surface area contributed by atoms with Crippen LogP contribution in [0.1, 0.15) is 51.9 Å². The van der Waals surface area contributed by atoms with Gasteiger partial charge in [-0.1, -0.05) is 19.4 Å². The van der Waals surface area contributed by atoms with Crippen LogP contribution >= 0.6 is 0 Å². The summed E-state index contributed by atoms with van der Waals surface area (Å²) >= 11 is 0. The number of sulfonamides is 1. The molecule has 0 saturated heterocycles. The van der Waals surface area contributed by atoms with E-state index in [-0.39, 0.29) is 10.6 Å². The fourth-order valence-electron chi connectivity index (χ4n) is 2.79. The number of aryl methyl sites for hydroxylation is 1. The van der Waals surface area contributed by atoms with E-state index >= 15 is 0 Å². The molecule has 1 aromatic heterocycles. The highest BCUT2D eigenvalue weighted by molar-refractivity contribution is 7.89. The predicted molar refractivity (Wildman–Crippen MR) is 106 cm³/mol. The van der Waals surface area contributed by atoms with Gasteiger partial charge in [0.05, 0.1) is 17.6 Å². The molecule has 0 atom stereocenters. The molecule has 9 heteroatoms. The summed E-state index contributed by atoms with van der Waals surface area (Å²) in [6, 6.07) is 5.99. The minimum atomic E-state index is -3.65. The van der Waals surface area contributed by atoms with Gasteiger partial charge in [0.1, 0.15) is 5.69 Å². The van der Waals surface area contributed by atoms with Crippen molar-refractivity contribution in [2.75, 3.05) is 19.0 Å². The van der Waals surface area contributed by atoms with Crippen molar-refractivity contribution in [3.63, 3.8) is 0 Å². The Bertz CT molecular complexity index is 979. The first-order valence-corrected chi connectivity index (χ1v) is 10.4. The monoisotopic (exact) mass is 407 g/mol. The minimum Gasteiger partial charge on any atom is -0.465 e. The Labute approximate surface area is 164 Å². The summed E-state index contributed by atoms with van der Waals surface area (Å²) in [5, 5.41) is 2.66. The lowest BCUT2D eigenvalue weighted by atomic mass is 10.1. The van der Waals surface area contributed by atoms with Crippen molar-refractivity contribution < 1.29 is 22.7 Å². The quantitative estimate of drug-likeness (QED) is 0.459. The molecule has 28 heavy (non-hydrogen) atoms. The summed E-state index contributed by atoms with van der Waals surface area (Å²) in [7, 11) is -2.38. The number of esters is 1. The molecule has 0 fully saturated rings. The molecule has 0 aliphatic heterocycles. The van der Waals surface area contributed by atoms with E-state index in [1.54, 1.807) is 26.0 Å². The molecule has 0 bridgehead atoms. The Kier molecular flexibility index (Phi) is 6.98. The third-order valence-corrected chi connectivity index (χ3v) is 5.74. The molecule has 3 N–H and O–H groups in total. The highest BCUT2D eigenvalue weighted by atomic mass is 32.2. The van der Waals surface area contributed by atoms with Crippen LogP contribution in [0.3, 0.4) is 0 Å². The van der Waals surface area contributed by atoms with E-state index in [9.17, 15) is 18.0 Å². The molecule has 0 aliphatic carbocycles. The number of rotatable bonds is 8. The first kappa shape index (κ1) is 21.6. The van der Waals surface area contributed by atoms with Crippen LogP contribution in [0.2, 0.25) is 0 Å². The number of carbonyl (C=O) groups excluding carboxylic acids is 2. The molecule has 0 aliphatic rings. The third-order valence-electron chi connectivity index (χ3n) is 4.28. The Hall–Kier alpha value is -2.65. The molecule has 0 spiro atoms. The van der Waals surface area contributed by atoms with Crippen LogP contribution in [0.15, 0.2) is 29.2 Å². The molecule has 2 rings (SSSR count). The van der Waals surface area contributed by atoms with Crippen molar-refractivity contribution in [1.82, 2.24) is 9.71 Å². The highest BCUT2D eigenvalue weighted by Crippen LogP contribution is 2.21. The maximum absolute atomic E-state index is 12.6. The highest BCUT2D eigenvalue weighted by Gasteiger charge is 2.23. The summed E-state index contributed by atoms with van der Waals surface area (Å²) in [6.07, 6.45) is 1.62. The van der Waals surface area contributed by atoms with Gasteiger partial charge in [-0.3, -0.25) is 4.79 Å². The van der Waals surface area contributed by atoms with Crippen LogP contribution in [0.4, 0.5) is 5.69 Å². The van der Waals surface area contributed by atoms with Gasteiger partial charge in [-0.25, -0.2) is 17.9 Å². The van der Waals surface area contributed by atoms with Gasteiger partial charge in [-0.15, -0.1) is 0 Å². The number of H-pyrrole nitrogens is 1. The van der Waals surface area contributed by atoms with Crippen molar-refractivity contribution >= 4 is 27.6 Å².